The number of allylic oxidation sites excluding steroid dienone is 3. The van der Waals surface area contributed by atoms with Gasteiger partial charge in [-0.1, -0.05) is 43.5 Å². The summed E-state index contributed by atoms with van der Waals surface area (Å²) in [5, 5.41) is 1.81. The number of hydrogen-bond acceptors (Lipinski definition) is 1. The van der Waals surface area contributed by atoms with Crippen LogP contribution in [0.15, 0.2) is 24.8 Å². The molecule has 0 amide bonds. The Balaban J connectivity index is 3.69. The normalized spacial score (nSPS) is 13.0. The summed E-state index contributed by atoms with van der Waals surface area (Å²) in [4.78, 5) is 0. The highest BCUT2D eigenvalue weighted by atomic mass is 15.3. The van der Waals surface area contributed by atoms with Crippen molar-refractivity contribution in [1.29, 1.82) is 0 Å². The van der Waals surface area contributed by atoms with E-state index in [-0.39, 0.29) is 0 Å². The maximum atomic E-state index is 5.95. The molecule has 0 unspecified atom stereocenters. The first-order valence-electron chi connectivity index (χ1n) is 5.24. The van der Waals surface area contributed by atoms with Gasteiger partial charge < -0.3 is 5.84 Å². The lowest BCUT2D eigenvalue weighted by molar-refractivity contribution is 0.961. The molecule has 1 aromatic heterocycles. The van der Waals surface area contributed by atoms with E-state index in [0.29, 0.717) is 0 Å². The number of nitrogen functional groups attached to an aromatic ring is 1. The third-order valence-electron chi connectivity index (χ3n) is 2.41. The second-order valence-corrected chi connectivity index (χ2v) is 3.43. The van der Waals surface area contributed by atoms with Crippen LogP contribution in [0.4, 0.5) is 0 Å². The molecule has 0 saturated carbocycles. The molecule has 1 aromatic rings. The van der Waals surface area contributed by atoms with E-state index in [1.807, 2.05) is 50.3 Å². The largest absolute Gasteiger partial charge is 0.339 e. The smallest absolute Gasteiger partial charge is 0.0699 e. The van der Waals surface area contributed by atoms with Gasteiger partial charge in [0.05, 0.1) is 11.0 Å². The van der Waals surface area contributed by atoms with Crippen molar-refractivity contribution in [2.75, 3.05) is 5.84 Å². The fourth-order valence-electron chi connectivity index (χ4n) is 1.62. The summed E-state index contributed by atoms with van der Waals surface area (Å²) in [6.45, 7) is 11.7. The van der Waals surface area contributed by atoms with Gasteiger partial charge in [0.15, 0.2) is 0 Å². The van der Waals surface area contributed by atoms with Gasteiger partial charge >= 0.3 is 0 Å². The minimum Gasteiger partial charge on any atom is -0.339 e. The Morgan fingerprint density at radius 2 is 1.94 bits per heavy atom. The van der Waals surface area contributed by atoms with Gasteiger partial charge in [0.2, 0.25) is 0 Å². The fourth-order valence-corrected chi connectivity index (χ4v) is 1.62. The molecule has 0 aromatic carbocycles. The SMILES string of the molecule is C=Cc1c(/C=C\C)n(N)c(=C)/c1=C\C=C/C. The second-order valence-electron chi connectivity index (χ2n) is 3.43. The Morgan fingerprint density at radius 3 is 2.44 bits per heavy atom. The van der Waals surface area contributed by atoms with Gasteiger partial charge in [-0.05, 0) is 19.9 Å². The summed E-state index contributed by atoms with van der Waals surface area (Å²) in [5.41, 5.74) is 1.95. The van der Waals surface area contributed by atoms with Gasteiger partial charge in [-0.15, -0.1) is 0 Å². The molecular weight excluding hydrogens is 196 g/mol. The third kappa shape index (κ3) is 2.01. The lowest BCUT2D eigenvalue weighted by Crippen LogP contribution is -2.32. The molecule has 1 heterocycles. The molecule has 84 valence electrons. The lowest BCUT2D eigenvalue weighted by Gasteiger charge is -1.97. The molecule has 2 heteroatoms. The second kappa shape index (κ2) is 5.21. The Kier molecular flexibility index (Phi) is 3.95. The van der Waals surface area contributed by atoms with E-state index in [9.17, 15) is 0 Å². The minimum absolute atomic E-state index is 0.793. The molecule has 0 aliphatic heterocycles. The van der Waals surface area contributed by atoms with Crippen LogP contribution >= 0.6 is 0 Å². The number of rotatable bonds is 3. The van der Waals surface area contributed by atoms with Crippen molar-refractivity contribution in [2.45, 2.75) is 13.8 Å². The summed E-state index contributed by atoms with van der Waals surface area (Å²) in [6, 6.07) is 0. The van der Waals surface area contributed by atoms with E-state index in [1.165, 1.54) is 0 Å². The lowest BCUT2D eigenvalue weighted by atomic mass is 10.2. The average molecular weight is 214 g/mol. The van der Waals surface area contributed by atoms with Gasteiger partial charge in [0, 0.05) is 10.8 Å². The molecule has 0 spiro atoms. The zero-order valence-electron chi connectivity index (χ0n) is 9.90. The average Bonchev–Trinajstić information content (AvgIpc) is 2.51. The first kappa shape index (κ1) is 12.1. The van der Waals surface area contributed by atoms with Gasteiger partial charge in [-0.25, -0.2) is 0 Å². The zero-order chi connectivity index (χ0) is 12.1. The molecule has 0 aliphatic carbocycles. The van der Waals surface area contributed by atoms with Crippen LogP contribution < -0.4 is 16.4 Å². The maximum absolute atomic E-state index is 5.95. The number of nitrogens with zero attached hydrogens (tertiary/aromatic N) is 1. The molecule has 0 saturated heterocycles. The molecule has 0 fully saturated rings. The molecule has 1 rings (SSSR count). The molecule has 2 N–H and O–H groups in total. The summed E-state index contributed by atoms with van der Waals surface area (Å²) >= 11 is 0. The maximum Gasteiger partial charge on any atom is 0.0699 e. The molecule has 0 radical (unpaired) electrons. The Morgan fingerprint density at radius 1 is 1.25 bits per heavy atom. The van der Waals surface area contributed by atoms with E-state index in [2.05, 4.69) is 13.2 Å². The van der Waals surface area contributed by atoms with Crippen LogP contribution in [-0.4, -0.2) is 4.68 Å². The third-order valence-corrected chi connectivity index (χ3v) is 2.41. The van der Waals surface area contributed by atoms with Crippen LogP contribution in [0.3, 0.4) is 0 Å². The molecular formula is C14H18N2. The van der Waals surface area contributed by atoms with Crippen molar-refractivity contribution in [3.63, 3.8) is 0 Å². The summed E-state index contributed by atoms with van der Waals surface area (Å²) in [7, 11) is 0. The van der Waals surface area contributed by atoms with Crippen molar-refractivity contribution >= 4 is 24.8 Å². The minimum atomic E-state index is 0.793. The Labute approximate surface area is 96.4 Å². The van der Waals surface area contributed by atoms with Crippen LogP contribution in [-0.2, 0) is 0 Å². The predicted molar refractivity (Wildman–Crippen MR) is 73.4 cm³/mol. The zero-order valence-corrected chi connectivity index (χ0v) is 9.90. The predicted octanol–water partition coefficient (Wildman–Crippen LogP) is 1.64. The van der Waals surface area contributed by atoms with E-state index in [1.54, 1.807) is 4.68 Å². The van der Waals surface area contributed by atoms with Crippen LogP contribution in [0, 0.1) is 0 Å². The van der Waals surface area contributed by atoms with Crippen LogP contribution in [0.2, 0.25) is 0 Å². The monoisotopic (exact) mass is 214 g/mol. The van der Waals surface area contributed by atoms with Crippen molar-refractivity contribution in [3.8, 4) is 0 Å². The summed E-state index contributed by atoms with van der Waals surface area (Å²) in [6.07, 6.45) is 11.6. The number of hydrogen-bond donors (Lipinski definition) is 1. The molecule has 0 atom stereocenters. The molecule has 16 heavy (non-hydrogen) atoms. The van der Waals surface area contributed by atoms with Crippen molar-refractivity contribution in [2.24, 2.45) is 0 Å². The quantitative estimate of drug-likeness (QED) is 0.762. The standard InChI is InChI=1S/C14H18N2/c1-5-8-10-13-11(4)16(15)14(9-6-2)12(13)7-3/h5-10H,3-4,15H2,1-2H3/b8-5-,9-6-,13-10+. The molecule has 0 aliphatic rings. The van der Waals surface area contributed by atoms with Gasteiger partial charge in [0.25, 0.3) is 0 Å². The van der Waals surface area contributed by atoms with Crippen molar-refractivity contribution in [1.82, 2.24) is 4.68 Å². The topological polar surface area (TPSA) is 30.9 Å². The van der Waals surface area contributed by atoms with E-state index in [4.69, 9.17) is 5.84 Å². The first-order chi connectivity index (χ1) is 7.67. The van der Waals surface area contributed by atoms with Crippen LogP contribution in [0.5, 0.6) is 0 Å². The van der Waals surface area contributed by atoms with Gasteiger partial charge in [0.1, 0.15) is 0 Å². The van der Waals surface area contributed by atoms with E-state index < -0.39 is 0 Å². The van der Waals surface area contributed by atoms with Crippen molar-refractivity contribution in [3.05, 3.63) is 46.6 Å². The highest BCUT2D eigenvalue weighted by Gasteiger charge is 2.05. The van der Waals surface area contributed by atoms with E-state index in [0.717, 1.165) is 21.8 Å². The Bertz CT molecular complexity index is 542. The van der Waals surface area contributed by atoms with Gasteiger partial charge in [-0.3, -0.25) is 4.68 Å². The number of nitrogens with two attached hydrogens (primary N) is 1. The molecule has 0 bridgehead atoms. The number of aromatic nitrogens is 1. The van der Waals surface area contributed by atoms with Crippen LogP contribution in [0.25, 0.3) is 24.8 Å². The summed E-state index contributed by atoms with van der Waals surface area (Å²) in [5.74, 6) is 5.95. The van der Waals surface area contributed by atoms with E-state index >= 15 is 0 Å². The fraction of sp³-hybridized carbons (Fsp3) is 0.143. The molecule has 2 nitrogen and oxygen atoms in total. The highest BCUT2D eigenvalue weighted by molar-refractivity contribution is 5.65. The first-order valence-corrected chi connectivity index (χ1v) is 5.24. The van der Waals surface area contributed by atoms with Gasteiger partial charge in [-0.2, -0.15) is 0 Å². The highest BCUT2D eigenvalue weighted by Crippen LogP contribution is 2.04. The van der Waals surface area contributed by atoms with Crippen LogP contribution in [0.1, 0.15) is 25.1 Å². The summed E-state index contributed by atoms with van der Waals surface area (Å²) < 4.78 is 1.59. The Hall–Kier alpha value is -1.96. The van der Waals surface area contributed by atoms with Crippen molar-refractivity contribution < 1.29 is 0 Å².